The summed E-state index contributed by atoms with van der Waals surface area (Å²) in [4.78, 5) is 0. The zero-order valence-corrected chi connectivity index (χ0v) is 17.6. The molecule has 33 heavy (non-hydrogen) atoms. The van der Waals surface area contributed by atoms with E-state index in [-0.39, 0.29) is 33.2 Å². The molecular formula is C20H6F12Pt. The summed E-state index contributed by atoms with van der Waals surface area (Å²) in [6.07, 6.45) is -6.41. The fourth-order valence-corrected chi connectivity index (χ4v) is 2.05. The van der Waals surface area contributed by atoms with Crippen molar-refractivity contribution in [3.63, 3.8) is 0 Å². The van der Waals surface area contributed by atoms with Gasteiger partial charge >= 0.3 is 45.8 Å². The van der Waals surface area contributed by atoms with Crippen LogP contribution in [0.5, 0.6) is 0 Å². The molecule has 0 saturated carbocycles. The summed E-state index contributed by atoms with van der Waals surface area (Å²) >= 11 is 0. The molecule has 0 saturated heterocycles. The number of halogens is 12. The summed E-state index contributed by atoms with van der Waals surface area (Å²) in [7, 11) is 0. The monoisotopic (exact) mass is 669 g/mol. The fourth-order valence-electron chi connectivity index (χ4n) is 2.05. The Kier molecular flexibility index (Phi) is 9.73. The predicted molar refractivity (Wildman–Crippen MR) is 85.4 cm³/mol. The van der Waals surface area contributed by atoms with Gasteiger partial charge < -0.3 is 12.8 Å². The van der Waals surface area contributed by atoms with Gasteiger partial charge in [0, 0.05) is 22.3 Å². The molecule has 0 unspecified atom stereocenters. The molecule has 2 rings (SSSR count). The Morgan fingerprint density at radius 1 is 0.424 bits per heavy atom. The van der Waals surface area contributed by atoms with Crippen molar-refractivity contribution in [3.8, 4) is 11.8 Å². The van der Waals surface area contributed by atoms with Gasteiger partial charge in [-0.2, -0.15) is 52.7 Å². The molecule has 0 heterocycles. The Morgan fingerprint density at radius 2 is 0.606 bits per heavy atom. The zero-order valence-electron chi connectivity index (χ0n) is 15.3. The number of rotatable bonds is 0. The molecule has 0 spiro atoms. The molecule has 0 amide bonds. The molecule has 0 atom stereocenters. The van der Waals surface area contributed by atoms with Crippen LogP contribution in [0.3, 0.4) is 0 Å². The Hall–Kier alpha value is -2.59. The summed E-state index contributed by atoms with van der Waals surface area (Å²) in [5.74, 6) is 3.00. The van der Waals surface area contributed by atoms with Crippen molar-refractivity contribution in [2.75, 3.05) is 0 Å². The molecule has 0 bridgehead atoms. The summed E-state index contributed by atoms with van der Waals surface area (Å²) in [6, 6.07) is 1.73. The molecule has 0 aliphatic heterocycles. The maximum absolute atomic E-state index is 12.2. The molecule has 0 nitrogen and oxygen atoms in total. The van der Waals surface area contributed by atoms with Crippen LogP contribution >= 0.6 is 0 Å². The van der Waals surface area contributed by atoms with Crippen LogP contribution in [0, 0.1) is 24.7 Å². The van der Waals surface area contributed by atoms with Crippen LogP contribution in [0.4, 0.5) is 52.7 Å². The van der Waals surface area contributed by atoms with Gasteiger partial charge in [-0.15, -0.1) is 35.4 Å². The number of hydrogen-bond acceptors (Lipinski definition) is 0. The second kappa shape index (κ2) is 10.6. The molecule has 0 N–H and O–H groups in total. The van der Waals surface area contributed by atoms with Crippen LogP contribution in [0.1, 0.15) is 33.4 Å². The van der Waals surface area contributed by atoms with Gasteiger partial charge in [0.1, 0.15) is 0 Å². The van der Waals surface area contributed by atoms with Gasteiger partial charge in [-0.25, -0.2) is 0 Å². The quantitative estimate of drug-likeness (QED) is 0.157. The third kappa shape index (κ3) is 9.05. The number of hydrogen-bond donors (Lipinski definition) is 0. The van der Waals surface area contributed by atoms with E-state index >= 15 is 0 Å². The van der Waals surface area contributed by atoms with E-state index in [1.54, 1.807) is 0 Å². The topological polar surface area (TPSA) is 0 Å². The van der Waals surface area contributed by atoms with Crippen LogP contribution in [0.25, 0.3) is 0 Å². The van der Waals surface area contributed by atoms with Crippen molar-refractivity contribution in [1.29, 1.82) is 0 Å². The van der Waals surface area contributed by atoms with Crippen LogP contribution in [-0.2, 0) is 45.8 Å². The minimum Gasteiger partial charge on any atom is -0.366 e. The Morgan fingerprint density at radius 3 is 0.727 bits per heavy atom. The van der Waals surface area contributed by atoms with Gasteiger partial charge in [0.15, 0.2) is 0 Å². The summed E-state index contributed by atoms with van der Waals surface area (Å²) in [5.41, 5.74) is -6.92. The minimum absolute atomic E-state index is 0. The van der Waals surface area contributed by atoms with Crippen LogP contribution < -0.4 is 0 Å². The largest absolute Gasteiger partial charge is 2.00 e. The fraction of sp³-hybridized carbons (Fsp3) is 0.200. The first kappa shape index (κ1) is 30.4. The van der Waals surface area contributed by atoms with Gasteiger partial charge in [-0.1, -0.05) is 0 Å². The van der Waals surface area contributed by atoms with Crippen LogP contribution in [0.2, 0.25) is 0 Å². The first-order valence-electron chi connectivity index (χ1n) is 7.73. The smallest absolute Gasteiger partial charge is 0.366 e. The van der Waals surface area contributed by atoms with Crippen molar-refractivity contribution >= 4 is 0 Å². The molecule has 0 aromatic heterocycles. The number of alkyl halides is 12. The first-order valence-corrected chi connectivity index (χ1v) is 7.73. The van der Waals surface area contributed by atoms with E-state index in [0.29, 0.717) is 24.3 Å². The van der Waals surface area contributed by atoms with Gasteiger partial charge in [-0.3, -0.25) is 11.8 Å². The first-order chi connectivity index (χ1) is 14.3. The average molecular weight is 669 g/mol. The van der Waals surface area contributed by atoms with Crippen molar-refractivity contribution < 1.29 is 73.8 Å². The SMILES string of the molecule is [C-]#Cc1cc(C(F)(F)F)cc(C(F)(F)F)c1.[C-]#Cc1cc(C(F)(F)F)cc(C(F)(F)F)c1.[Pt+2]. The van der Waals surface area contributed by atoms with E-state index in [4.69, 9.17) is 12.8 Å². The van der Waals surface area contributed by atoms with Crippen molar-refractivity contribution in [1.82, 2.24) is 0 Å². The van der Waals surface area contributed by atoms with Crippen molar-refractivity contribution in [2.45, 2.75) is 24.7 Å². The maximum atomic E-state index is 12.2. The average Bonchev–Trinajstić information content (AvgIpc) is 2.65. The third-order valence-corrected chi connectivity index (χ3v) is 3.46. The minimum atomic E-state index is -4.88. The zero-order chi connectivity index (χ0) is 25.1. The maximum Gasteiger partial charge on any atom is 2.00 e. The molecule has 2 aromatic rings. The van der Waals surface area contributed by atoms with Gasteiger partial charge in [-0.05, 0) is 12.1 Å². The van der Waals surface area contributed by atoms with Crippen LogP contribution in [-0.4, -0.2) is 0 Å². The normalized spacial score (nSPS) is 11.9. The van der Waals surface area contributed by atoms with Gasteiger partial charge in [0.25, 0.3) is 0 Å². The Labute approximate surface area is 193 Å². The Bertz CT molecular complexity index is 892. The van der Waals surface area contributed by atoms with E-state index in [1.807, 2.05) is 0 Å². The Balaban J connectivity index is 0.000000602. The second-order valence-electron chi connectivity index (χ2n) is 5.84. The number of benzene rings is 2. The third-order valence-electron chi connectivity index (χ3n) is 3.46. The summed E-state index contributed by atoms with van der Waals surface area (Å²) < 4.78 is 147. The predicted octanol–water partition coefficient (Wildman–Crippen LogP) is 7.32. The van der Waals surface area contributed by atoms with E-state index in [0.717, 1.165) is 0 Å². The second-order valence-corrected chi connectivity index (χ2v) is 5.84. The van der Waals surface area contributed by atoms with E-state index in [2.05, 4.69) is 0 Å². The van der Waals surface area contributed by atoms with Crippen molar-refractivity contribution in [3.05, 3.63) is 82.6 Å². The molecule has 13 heteroatoms. The molecule has 0 aliphatic carbocycles. The molecule has 0 fully saturated rings. The summed E-state index contributed by atoms with van der Waals surface area (Å²) in [6.45, 7) is 0. The van der Waals surface area contributed by atoms with E-state index in [9.17, 15) is 52.7 Å². The molecule has 0 radical (unpaired) electrons. The molecule has 0 aliphatic rings. The standard InChI is InChI=1S/2C10H3F6.Pt/c2*1-2-6-3-7(9(11,12)13)5-8(4-6)10(14,15)16;/h2*3-5H;/q2*-1;+2. The van der Waals surface area contributed by atoms with E-state index < -0.39 is 58.1 Å². The molecular weight excluding hydrogens is 663 g/mol. The van der Waals surface area contributed by atoms with Crippen LogP contribution in [0.15, 0.2) is 36.4 Å². The van der Waals surface area contributed by atoms with Gasteiger partial charge in [0.2, 0.25) is 0 Å². The van der Waals surface area contributed by atoms with E-state index in [1.165, 1.54) is 11.8 Å². The van der Waals surface area contributed by atoms with Crippen molar-refractivity contribution in [2.24, 2.45) is 0 Å². The van der Waals surface area contributed by atoms with Gasteiger partial charge in [0.05, 0.1) is 0 Å². The summed E-state index contributed by atoms with van der Waals surface area (Å²) in [5, 5.41) is 0. The molecule has 180 valence electrons. The molecule has 2 aromatic carbocycles.